The van der Waals surface area contributed by atoms with E-state index < -0.39 is 0 Å². The third-order valence-electron chi connectivity index (χ3n) is 3.44. The maximum atomic E-state index is 11.9. The molecule has 0 bridgehead atoms. The van der Waals surface area contributed by atoms with Gasteiger partial charge in [0.15, 0.2) is 6.61 Å². The molecule has 8 heteroatoms. The Labute approximate surface area is 144 Å². The molecule has 1 amide bonds. The molecule has 1 aromatic heterocycles. The number of carbonyl (C=O) groups excluding carboxylic acids is 1. The van der Waals surface area contributed by atoms with Crippen LogP contribution in [0.3, 0.4) is 0 Å². The van der Waals surface area contributed by atoms with Crippen molar-refractivity contribution in [2.75, 3.05) is 13.7 Å². The van der Waals surface area contributed by atoms with Gasteiger partial charge in [0.05, 0.1) is 12.8 Å². The summed E-state index contributed by atoms with van der Waals surface area (Å²) in [4.78, 5) is 11.9. The minimum atomic E-state index is -0.202. The van der Waals surface area contributed by atoms with Crippen LogP contribution in [0.1, 0.15) is 5.56 Å². The van der Waals surface area contributed by atoms with E-state index in [2.05, 4.69) is 20.8 Å². The summed E-state index contributed by atoms with van der Waals surface area (Å²) in [6.07, 6.45) is 1.50. The van der Waals surface area contributed by atoms with Gasteiger partial charge in [0.25, 0.3) is 5.91 Å². The molecule has 0 unspecified atom stereocenters. The minimum absolute atomic E-state index is 0.0613. The topological polar surface area (TPSA) is 91.2 Å². The van der Waals surface area contributed by atoms with E-state index in [0.29, 0.717) is 12.3 Å². The van der Waals surface area contributed by atoms with Crippen LogP contribution >= 0.6 is 0 Å². The van der Waals surface area contributed by atoms with Gasteiger partial charge in [-0.3, -0.25) is 4.79 Å². The summed E-state index contributed by atoms with van der Waals surface area (Å²) < 4.78 is 12.2. The summed E-state index contributed by atoms with van der Waals surface area (Å²) in [5.74, 6) is 1.14. The molecule has 8 nitrogen and oxygen atoms in total. The van der Waals surface area contributed by atoms with Crippen LogP contribution in [0.25, 0.3) is 5.69 Å². The van der Waals surface area contributed by atoms with Crippen LogP contribution in [-0.2, 0) is 11.3 Å². The number of ether oxygens (including phenoxy) is 2. The van der Waals surface area contributed by atoms with Crippen LogP contribution in [0.4, 0.5) is 0 Å². The fourth-order valence-electron chi connectivity index (χ4n) is 2.16. The van der Waals surface area contributed by atoms with Crippen LogP contribution in [0.2, 0.25) is 0 Å². The van der Waals surface area contributed by atoms with Crippen molar-refractivity contribution >= 4 is 5.91 Å². The molecule has 1 heterocycles. The molecule has 3 rings (SSSR count). The molecule has 0 saturated carbocycles. The van der Waals surface area contributed by atoms with Crippen LogP contribution in [0, 0.1) is 0 Å². The van der Waals surface area contributed by atoms with E-state index in [1.807, 2.05) is 24.3 Å². The van der Waals surface area contributed by atoms with Gasteiger partial charge in [-0.2, -0.15) is 0 Å². The molecule has 0 aliphatic carbocycles. The molecule has 0 atom stereocenters. The van der Waals surface area contributed by atoms with E-state index in [-0.39, 0.29) is 12.5 Å². The normalized spacial score (nSPS) is 10.3. The summed E-state index contributed by atoms with van der Waals surface area (Å²) in [5, 5.41) is 13.8. The fraction of sp³-hybridized carbons (Fsp3) is 0.176. The molecule has 128 valence electrons. The van der Waals surface area contributed by atoms with Crippen molar-refractivity contribution < 1.29 is 14.3 Å². The Morgan fingerprint density at radius 3 is 2.72 bits per heavy atom. The Balaban J connectivity index is 1.47. The van der Waals surface area contributed by atoms with E-state index in [1.54, 1.807) is 31.4 Å². The predicted molar refractivity (Wildman–Crippen MR) is 89.5 cm³/mol. The molecule has 0 aliphatic heterocycles. The second-order valence-electron chi connectivity index (χ2n) is 5.17. The Bertz CT molecular complexity index is 819. The number of nitrogens with zero attached hydrogens (tertiary/aromatic N) is 4. The van der Waals surface area contributed by atoms with Gasteiger partial charge in [-0.25, -0.2) is 4.68 Å². The lowest BCUT2D eigenvalue weighted by Gasteiger charge is -2.09. The van der Waals surface area contributed by atoms with Crippen molar-refractivity contribution in [1.82, 2.24) is 25.5 Å². The SMILES string of the molecule is COc1cccc(CNC(=O)COc2ccc(-n3cnnn3)cc2)c1. The average Bonchev–Trinajstić information content (AvgIpc) is 3.20. The lowest BCUT2D eigenvalue weighted by Crippen LogP contribution is -2.28. The third-order valence-corrected chi connectivity index (χ3v) is 3.44. The van der Waals surface area contributed by atoms with Crippen LogP contribution in [0.15, 0.2) is 54.9 Å². The highest BCUT2D eigenvalue weighted by Gasteiger charge is 2.04. The van der Waals surface area contributed by atoms with E-state index in [4.69, 9.17) is 9.47 Å². The van der Waals surface area contributed by atoms with E-state index in [1.165, 1.54) is 11.0 Å². The number of carbonyl (C=O) groups is 1. The predicted octanol–water partition coefficient (Wildman–Crippen LogP) is 1.37. The summed E-state index contributed by atoms with van der Waals surface area (Å²) in [7, 11) is 1.61. The summed E-state index contributed by atoms with van der Waals surface area (Å²) >= 11 is 0. The second kappa shape index (κ2) is 7.91. The average molecular weight is 339 g/mol. The fourth-order valence-corrected chi connectivity index (χ4v) is 2.16. The van der Waals surface area contributed by atoms with E-state index >= 15 is 0 Å². The van der Waals surface area contributed by atoms with Crippen LogP contribution in [-0.4, -0.2) is 39.8 Å². The zero-order chi connectivity index (χ0) is 17.5. The molecule has 2 aromatic carbocycles. The van der Waals surface area contributed by atoms with Crippen molar-refractivity contribution in [3.8, 4) is 17.2 Å². The van der Waals surface area contributed by atoms with Crippen LogP contribution in [0.5, 0.6) is 11.5 Å². The zero-order valence-electron chi connectivity index (χ0n) is 13.6. The smallest absolute Gasteiger partial charge is 0.258 e. The van der Waals surface area contributed by atoms with Crippen molar-refractivity contribution in [1.29, 1.82) is 0 Å². The molecule has 0 spiro atoms. The molecule has 3 aromatic rings. The van der Waals surface area contributed by atoms with E-state index in [9.17, 15) is 4.79 Å². The third kappa shape index (κ3) is 4.54. The van der Waals surface area contributed by atoms with Gasteiger partial charge >= 0.3 is 0 Å². The second-order valence-corrected chi connectivity index (χ2v) is 5.17. The summed E-state index contributed by atoms with van der Waals surface area (Å²) in [6, 6.07) is 14.6. The summed E-state index contributed by atoms with van der Waals surface area (Å²) in [5.41, 5.74) is 1.76. The number of nitrogens with one attached hydrogen (secondary N) is 1. The number of tetrazole rings is 1. The molecular formula is C17H17N5O3. The molecule has 0 radical (unpaired) electrons. The highest BCUT2D eigenvalue weighted by atomic mass is 16.5. The summed E-state index contributed by atoms with van der Waals surface area (Å²) in [6.45, 7) is 0.353. The van der Waals surface area contributed by atoms with Crippen molar-refractivity contribution in [2.24, 2.45) is 0 Å². The number of amides is 1. The van der Waals surface area contributed by atoms with Crippen LogP contribution < -0.4 is 14.8 Å². The van der Waals surface area contributed by atoms with Gasteiger partial charge in [0, 0.05) is 6.54 Å². The largest absolute Gasteiger partial charge is 0.497 e. The Hall–Kier alpha value is -3.42. The first-order chi connectivity index (χ1) is 12.2. The quantitative estimate of drug-likeness (QED) is 0.699. The number of hydrogen-bond donors (Lipinski definition) is 1. The van der Waals surface area contributed by atoms with Gasteiger partial charge in [-0.05, 0) is 52.4 Å². The first-order valence-corrected chi connectivity index (χ1v) is 7.60. The number of hydrogen-bond acceptors (Lipinski definition) is 6. The van der Waals surface area contributed by atoms with Crippen molar-refractivity contribution in [3.63, 3.8) is 0 Å². The lowest BCUT2D eigenvalue weighted by atomic mass is 10.2. The Morgan fingerprint density at radius 1 is 1.16 bits per heavy atom. The van der Waals surface area contributed by atoms with Gasteiger partial charge in [0.1, 0.15) is 17.8 Å². The Morgan fingerprint density at radius 2 is 2.00 bits per heavy atom. The van der Waals surface area contributed by atoms with Gasteiger partial charge in [-0.15, -0.1) is 5.10 Å². The molecule has 0 aliphatic rings. The number of rotatable bonds is 7. The lowest BCUT2D eigenvalue weighted by molar-refractivity contribution is -0.123. The van der Waals surface area contributed by atoms with E-state index in [0.717, 1.165) is 17.0 Å². The number of methoxy groups -OCH3 is 1. The Kier molecular flexibility index (Phi) is 5.20. The number of aromatic nitrogens is 4. The zero-order valence-corrected chi connectivity index (χ0v) is 13.6. The maximum Gasteiger partial charge on any atom is 0.258 e. The molecule has 0 fully saturated rings. The molecule has 0 saturated heterocycles. The standard InChI is InChI=1S/C17H17N5O3/c1-24-16-4-2-3-13(9-16)10-18-17(23)11-25-15-7-5-14(6-8-15)22-12-19-20-21-22/h2-9,12H,10-11H2,1H3,(H,18,23). The van der Waals surface area contributed by atoms with Crippen molar-refractivity contribution in [2.45, 2.75) is 6.54 Å². The molecular weight excluding hydrogens is 322 g/mol. The highest BCUT2D eigenvalue weighted by Crippen LogP contribution is 2.14. The maximum absolute atomic E-state index is 11.9. The number of benzene rings is 2. The van der Waals surface area contributed by atoms with Crippen molar-refractivity contribution in [3.05, 3.63) is 60.4 Å². The highest BCUT2D eigenvalue weighted by molar-refractivity contribution is 5.77. The molecule has 1 N–H and O–H groups in total. The van der Waals surface area contributed by atoms with Gasteiger partial charge in [0.2, 0.25) is 0 Å². The first-order valence-electron chi connectivity index (χ1n) is 7.60. The van der Waals surface area contributed by atoms with Gasteiger partial charge < -0.3 is 14.8 Å². The first kappa shape index (κ1) is 16.4. The van der Waals surface area contributed by atoms with Gasteiger partial charge in [-0.1, -0.05) is 12.1 Å². The molecule has 25 heavy (non-hydrogen) atoms. The minimum Gasteiger partial charge on any atom is -0.497 e. The monoisotopic (exact) mass is 339 g/mol.